The van der Waals surface area contributed by atoms with Crippen LogP contribution in [-0.2, 0) is 15.7 Å². The Bertz CT molecular complexity index is 773. The molecule has 0 spiro atoms. The fourth-order valence-electron chi connectivity index (χ4n) is 2.53. The highest BCUT2D eigenvalue weighted by Gasteiger charge is 2.31. The SMILES string of the molecule is CCOC(=O)C(C)(C)/C=C(\c1ccccc1)c1ccc(C(F)(F)F)cc1. The van der Waals surface area contributed by atoms with Crippen molar-refractivity contribution in [3.05, 3.63) is 77.4 Å². The number of benzene rings is 2. The van der Waals surface area contributed by atoms with Gasteiger partial charge >= 0.3 is 12.1 Å². The van der Waals surface area contributed by atoms with Gasteiger partial charge in [-0.2, -0.15) is 13.2 Å². The second-order valence-corrected chi connectivity index (χ2v) is 6.44. The Morgan fingerprint density at radius 2 is 1.50 bits per heavy atom. The molecule has 26 heavy (non-hydrogen) atoms. The third-order valence-electron chi connectivity index (χ3n) is 3.91. The molecule has 0 radical (unpaired) electrons. The number of alkyl halides is 3. The van der Waals surface area contributed by atoms with Crippen LogP contribution in [0.3, 0.4) is 0 Å². The van der Waals surface area contributed by atoms with Gasteiger partial charge in [0.15, 0.2) is 0 Å². The van der Waals surface area contributed by atoms with E-state index in [1.54, 1.807) is 26.8 Å². The first kappa shape index (κ1) is 19.8. The quantitative estimate of drug-likeness (QED) is 0.635. The molecule has 0 atom stereocenters. The van der Waals surface area contributed by atoms with Gasteiger partial charge < -0.3 is 4.74 Å². The molecular weight excluding hydrogens is 341 g/mol. The maximum atomic E-state index is 12.8. The molecule has 2 aromatic carbocycles. The molecule has 138 valence electrons. The summed E-state index contributed by atoms with van der Waals surface area (Å²) in [5.74, 6) is -0.389. The number of hydrogen-bond donors (Lipinski definition) is 0. The van der Waals surface area contributed by atoms with Crippen molar-refractivity contribution >= 4 is 11.5 Å². The van der Waals surface area contributed by atoms with Crippen LogP contribution in [0, 0.1) is 5.41 Å². The highest BCUT2D eigenvalue weighted by atomic mass is 19.4. The Balaban J connectivity index is 2.52. The highest BCUT2D eigenvalue weighted by molar-refractivity contribution is 5.86. The monoisotopic (exact) mass is 362 g/mol. The van der Waals surface area contributed by atoms with E-state index in [-0.39, 0.29) is 12.6 Å². The van der Waals surface area contributed by atoms with Crippen LogP contribution < -0.4 is 0 Å². The molecule has 0 unspecified atom stereocenters. The van der Waals surface area contributed by atoms with Gasteiger partial charge in [-0.3, -0.25) is 4.79 Å². The number of carbonyl (C=O) groups excluding carboxylic acids is 1. The topological polar surface area (TPSA) is 26.3 Å². The molecule has 2 rings (SSSR count). The van der Waals surface area contributed by atoms with Crippen LogP contribution in [0.2, 0.25) is 0 Å². The summed E-state index contributed by atoms with van der Waals surface area (Å²) in [6.07, 6.45) is -2.65. The fourth-order valence-corrected chi connectivity index (χ4v) is 2.53. The summed E-state index contributed by atoms with van der Waals surface area (Å²) in [6.45, 7) is 5.43. The first-order valence-electron chi connectivity index (χ1n) is 8.28. The van der Waals surface area contributed by atoms with E-state index in [1.807, 2.05) is 30.3 Å². The van der Waals surface area contributed by atoms with Crippen LogP contribution in [-0.4, -0.2) is 12.6 Å². The standard InChI is InChI=1S/C21H21F3O2/c1-4-26-19(25)20(2,3)14-18(15-8-6-5-7-9-15)16-10-12-17(13-11-16)21(22,23)24/h5-14H,4H2,1-3H3/b18-14+. The van der Waals surface area contributed by atoms with Crippen molar-refractivity contribution in [2.24, 2.45) is 5.41 Å². The Morgan fingerprint density at radius 1 is 0.962 bits per heavy atom. The van der Waals surface area contributed by atoms with Crippen molar-refractivity contribution in [3.8, 4) is 0 Å². The van der Waals surface area contributed by atoms with Crippen molar-refractivity contribution < 1.29 is 22.7 Å². The van der Waals surface area contributed by atoms with Crippen molar-refractivity contribution in [2.75, 3.05) is 6.61 Å². The van der Waals surface area contributed by atoms with E-state index in [4.69, 9.17) is 4.74 Å². The molecule has 5 heteroatoms. The molecule has 0 aliphatic heterocycles. The molecule has 2 nitrogen and oxygen atoms in total. The van der Waals surface area contributed by atoms with Crippen LogP contribution in [0.25, 0.3) is 5.57 Å². The maximum Gasteiger partial charge on any atom is 0.416 e. The van der Waals surface area contributed by atoms with Gasteiger partial charge in [0.1, 0.15) is 0 Å². The Hall–Kier alpha value is -2.56. The highest BCUT2D eigenvalue weighted by Crippen LogP contribution is 2.33. The minimum atomic E-state index is -4.39. The summed E-state index contributed by atoms with van der Waals surface area (Å²) in [5, 5.41) is 0. The second kappa shape index (κ2) is 7.77. The van der Waals surface area contributed by atoms with E-state index < -0.39 is 17.2 Å². The number of carbonyl (C=O) groups is 1. The summed E-state index contributed by atoms with van der Waals surface area (Å²) in [5.41, 5.74) is 0.450. The van der Waals surface area contributed by atoms with Crippen LogP contribution >= 0.6 is 0 Å². The lowest BCUT2D eigenvalue weighted by Gasteiger charge is -2.21. The van der Waals surface area contributed by atoms with E-state index >= 15 is 0 Å². The normalized spacial score (nSPS) is 12.8. The van der Waals surface area contributed by atoms with Gasteiger partial charge in [0.05, 0.1) is 17.6 Å². The minimum absolute atomic E-state index is 0.261. The lowest BCUT2D eigenvalue weighted by Crippen LogP contribution is -2.25. The summed E-state index contributed by atoms with van der Waals surface area (Å²) in [4.78, 5) is 12.2. The summed E-state index contributed by atoms with van der Waals surface area (Å²) >= 11 is 0. The third kappa shape index (κ3) is 4.75. The fraction of sp³-hybridized carbons (Fsp3) is 0.286. The summed E-state index contributed by atoms with van der Waals surface area (Å²) < 4.78 is 43.6. The predicted octanol–water partition coefficient (Wildman–Crippen LogP) is 5.73. The first-order valence-corrected chi connectivity index (χ1v) is 8.28. The molecule has 0 heterocycles. The van der Waals surface area contributed by atoms with Crippen LogP contribution in [0.5, 0.6) is 0 Å². The molecule has 0 bridgehead atoms. The van der Waals surface area contributed by atoms with Crippen LogP contribution in [0.1, 0.15) is 37.5 Å². The summed E-state index contributed by atoms with van der Waals surface area (Å²) in [7, 11) is 0. The zero-order valence-electron chi connectivity index (χ0n) is 14.9. The van der Waals surface area contributed by atoms with Crippen LogP contribution in [0.4, 0.5) is 13.2 Å². The van der Waals surface area contributed by atoms with Gasteiger partial charge in [-0.25, -0.2) is 0 Å². The van der Waals surface area contributed by atoms with Crippen LogP contribution in [0.15, 0.2) is 60.7 Å². The average molecular weight is 362 g/mol. The molecular formula is C21H21F3O2. The van der Waals surface area contributed by atoms with E-state index in [1.165, 1.54) is 12.1 Å². The number of rotatable bonds is 5. The Labute approximate surface area is 151 Å². The molecule has 0 N–H and O–H groups in total. The van der Waals surface area contributed by atoms with Gasteiger partial charge in [0, 0.05) is 0 Å². The van der Waals surface area contributed by atoms with Crippen molar-refractivity contribution in [3.63, 3.8) is 0 Å². The van der Waals surface area contributed by atoms with Crippen molar-refractivity contribution in [2.45, 2.75) is 26.9 Å². The Morgan fingerprint density at radius 3 is 2.00 bits per heavy atom. The smallest absolute Gasteiger partial charge is 0.416 e. The largest absolute Gasteiger partial charge is 0.465 e. The second-order valence-electron chi connectivity index (χ2n) is 6.44. The minimum Gasteiger partial charge on any atom is -0.465 e. The zero-order valence-corrected chi connectivity index (χ0v) is 14.9. The number of hydrogen-bond acceptors (Lipinski definition) is 2. The van der Waals surface area contributed by atoms with Gasteiger partial charge in [0.25, 0.3) is 0 Å². The zero-order chi connectivity index (χ0) is 19.4. The van der Waals surface area contributed by atoms with E-state index in [9.17, 15) is 18.0 Å². The van der Waals surface area contributed by atoms with Gasteiger partial charge in [-0.05, 0) is 49.6 Å². The number of ether oxygens (including phenoxy) is 1. The van der Waals surface area contributed by atoms with E-state index in [0.29, 0.717) is 11.1 Å². The summed E-state index contributed by atoms with van der Waals surface area (Å²) in [6, 6.07) is 14.2. The molecule has 2 aromatic rings. The molecule has 0 aliphatic rings. The molecule has 0 saturated heterocycles. The average Bonchev–Trinajstić information content (AvgIpc) is 2.60. The van der Waals surface area contributed by atoms with Gasteiger partial charge in [-0.15, -0.1) is 0 Å². The third-order valence-corrected chi connectivity index (χ3v) is 3.91. The first-order chi connectivity index (χ1) is 12.1. The lowest BCUT2D eigenvalue weighted by atomic mass is 9.86. The number of esters is 1. The maximum absolute atomic E-state index is 12.8. The van der Waals surface area contributed by atoms with Crippen molar-refractivity contribution in [1.29, 1.82) is 0 Å². The van der Waals surface area contributed by atoms with Gasteiger partial charge in [-0.1, -0.05) is 48.5 Å². The lowest BCUT2D eigenvalue weighted by molar-refractivity contribution is -0.150. The number of halogens is 3. The van der Waals surface area contributed by atoms with Crippen molar-refractivity contribution in [1.82, 2.24) is 0 Å². The molecule has 0 amide bonds. The molecule has 0 fully saturated rings. The molecule has 0 aromatic heterocycles. The predicted molar refractivity (Wildman–Crippen MR) is 95.4 cm³/mol. The van der Waals surface area contributed by atoms with E-state index in [2.05, 4.69) is 0 Å². The molecule has 0 aliphatic carbocycles. The van der Waals surface area contributed by atoms with Gasteiger partial charge in [0.2, 0.25) is 0 Å². The Kier molecular flexibility index (Phi) is 5.90. The molecule has 0 saturated carbocycles. The van der Waals surface area contributed by atoms with E-state index in [0.717, 1.165) is 17.7 Å².